The predicted octanol–water partition coefficient (Wildman–Crippen LogP) is 6.43. The molecule has 1 radical (unpaired) electrons. The SMILES string of the molecule is CCN1[CH]N(C2CCC(N(Cc3ccccc3)C3Cc4ccccc4C3)CC2)c2ccccc21. The van der Waals surface area contributed by atoms with E-state index < -0.39 is 0 Å². The van der Waals surface area contributed by atoms with Crippen molar-refractivity contribution in [1.82, 2.24) is 4.90 Å². The van der Waals surface area contributed by atoms with E-state index in [-0.39, 0.29) is 0 Å². The first kappa shape index (κ1) is 21.7. The number of hydrogen-bond donors (Lipinski definition) is 0. The molecular weight excluding hydrogens is 414 g/mol. The van der Waals surface area contributed by atoms with Crippen LogP contribution in [0.3, 0.4) is 0 Å². The molecule has 3 aromatic carbocycles. The number of anilines is 2. The Balaban J connectivity index is 1.18. The molecule has 0 unspecified atom stereocenters. The van der Waals surface area contributed by atoms with Crippen molar-refractivity contribution in [1.29, 1.82) is 0 Å². The fraction of sp³-hybridized carbons (Fsp3) is 0.387. The molecule has 0 N–H and O–H groups in total. The normalized spacial score (nSPS) is 22.3. The molecule has 1 heterocycles. The smallest absolute Gasteiger partial charge is 0.142 e. The van der Waals surface area contributed by atoms with Crippen LogP contribution in [0.5, 0.6) is 0 Å². The third-order valence-corrected chi connectivity index (χ3v) is 8.31. The Labute approximate surface area is 205 Å². The van der Waals surface area contributed by atoms with E-state index in [1.807, 2.05) is 0 Å². The van der Waals surface area contributed by atoms with Crippen LogP contribution in [0.15, 0.2) is 78.9 Å². The van der Waals surface area contributed by atoms with Gasteiger partial charge < -0.3 is 9.80 Å². The highest BCUT2D eigenvalue weighted by atomic mass is 15.4. The van der Waals surface area contributed by atoms with Gasteiger partial charge in [-0.1, -0.05) is 66.7 Å². The van der Waals surface area contributed by atoms with Gasteiger partial charge in [-0.05, 0) is 74.3 Å². The van der Waals surface area contributed by atoms with Crippen LogP contribution in [-0.4, -0.2) is 29.6 Å². The molecule has 0 aromatic heterocycles. The summed E-state index contributed by atoms with van der Waals surface area (Å²) in [5.41, 5.74) is 7.31. The average molecular weight is 451 g/mol. The van der Waals surface area contributed by atoms with Crippen LogP contribution in [0.4, 0.5) is 11.4 Å². The zero-order chi connectivity index (χ0) is 22.9. The highest BCUT2D eigenvalue weighted by Crippen LogP contribution is 2.42. The summed E-state index contributed by atoms with van der Waals surface area (Å²) < 4.78 is 0. The minimum atomic E-state index is 0.605. The number of hydrogen-bond acceptors (Lipinski definition) is 3. The zero-order valence-corrected chi connectivity index (χ0v) is 20.3. The lowest BCUT2D eigenvalue weighted by atomic mass is 9.87. The third kappa shape index (κ3) is 4.11. The summed E-state index contributed by atoms with van der Waals surface area (Å²) in [6.45, 7) is 6.70. The van der Waals surface area contributed by atoms with Crippen LogP contribution in [-0.2, 0) is 19.4 Å². The number of rotatable bonds is 6. The monoisotopic (exact) mass is 450 g/mol. The van der Waals surface area contributed by atoms with Gasteiger partial charge >= 0.3 is 0 Å². The molecule has 175 valence electrons. The van der Waals surface area contributed by atoms with Crippen LogP contribution < -0.4 is 9.80 Å². The summed E-state index contributed by atoms with van der Waals surface area (Å²) in [6, 6.07) is 31.0. The summed E-state index contributed by atoms with van der Waals surface area (Å²) in [5.74, 6) is 0. The highest BCUT2D eigenvalue weighted by molar-refractivity contribution is 5.78. The molecule has 3 nitrogen and oxygen atoms in total. The van der Waals surface area contributed by atoms with Crippen molar-refractivity contribution in [2.75, 3.05) is 16.3 Å². The second-order valence-corrected chi connectivity index (χ2v) is 10.2. The molecule has 1 saturated carbocycles. The number of fused-ring (bicyclic) bond motifs is 2. The Kier molecular flexibility index (Phi) is 6.05. The molecule has 1 fully saturated rings. The van der Waals surface area contributed by atoms with Crippen molar-refractivity contribution >= 4 is 11.4 Å². The van der Waals surface area contributed by atoms with Crippen LogP contribution in [0.2, 0.25) is 0 Å². The molecule has 34 heavy (non-hydrogen) atoms. The summed E-state index contributed by atoms with van der Waals surface area (Å²) in [7, 11) is 0. The summed E-state index contributed by atoms with van der Waals surface area (Å²) in [4.78, 5) is 7.84. The maximum Gasteiger partial charge on any atom is 0.142 e. The molecule has 0 atom stereocenters. The first-order chi connectivity index (χ1) is 16.8. The molecule has 0 spiro atoms. The van der Waals surface area contributed by atoms with E-state index in [9.17, 15) is 0 Å². The topological polar surface area (TPSA) is 9.72 Å². The molecule has 3 aliphatic rings. The summed E-state index contributed by atoms with van der Waals surface area (Å²) in [6.07, 6.45) is 7.48. The van der Waals surface area contributed by atoms with Gasteiger partial charge in [0.1, 0.15) is 6.67 Å². The molecule has 0 saturated heterocycles. The third-order valence-electron chi connectivity index (χ3n) is 8.31. The van der Waals surface area contributed by atoms with E-state index in [1.165, 1.54) is 55.5 Å². The molecule has 3 heteroatoms. The van der Waals surface area contributed by atoms with Crippen LogP contribution in [0.1, 0.15) is 49.3 Å². The number of benzene rings is 3. The van der Waals surface area contributed by atoms with Gasteiger partial charge in [-0.25, -0.2) is 0 Å². The second-order valence-electron chi connectivity index (χ2n) is 10.2. The Bertz CT molecular complexity index is 1080. The molecule has 0 amide bonds. The van der Waals surface area contributed by atoms with Gasteiger partial charge in [-0.2, -0.15) is 0 Å². The van der Waals surface area contributed by atoms with E-state index >= 15 is 0 Å². The Morgan fingerprint density at radius 2 is 1.32 bits per heavy atom. The van der Waals surface area contributed by atoms with Crippen LogP contribution in [0, 0.1) is 6.67 Å². The molecule has 2 aliphatic carbocycles. The first-order valence-corrected chi connectivity index (χ1v) is 13.2. The Morgan fingerprint density at radius 3 is 2.00 bits per heavy atom. The van der Waals surface area contributed by atoms with Gasteiger partial charge in [0, 0.05) is 31.2 Å². The molecule has 0 bridgehead atoms. The van der Waals surface area contributed by atoms with Crippen molar-refractivity contribution in [3.63, 3.8) is 0 Å². The fourth-order valence-electron chi connectivity index (χ4n) is 6.53. The van der Waals surface area contributed by atoms with Crippen molar-refractivity contribution in [2.45, 2.75) is 70.1 Å². The quantitative estimate of drug-likeness (QED) is 0.428. The van der Waals surface area contributed by atoms with Gasteiger partial charge in [0.15, 0.2) is 0 Å². The Morgan fingerprint density at radius 1 is 0.706 bits per heavy atom. The maximum absolute atomic E-state index is 2.87. The minimum Gasteiger partial charge on any atom is -0.346 e. The van der Waals surface area contributed by atoms with Crippen molar-refractivity contribution in [2.24, 2.45) is 0 Å². The van der Waals surface area contributed by atoms with Crippen molar-refractivity contribution in [3.8, 4) is 0 Å². The van der Waals surface area contributed by atoms with E-state index in [4.69, 9.17) is 0 Å². The van der Waals surface area contributed by atoms with Crippen LogP contribution in [0.25, 0.3) is 0 Å². The number of para-hydroxylation sites is 2. The van der Waals surface area contributed by atoms with E-state index in [0.29, 0.717) is 18.1 Å². The number of nitrogens with zero attached hydrogens (tertiary/aromatic N) is 3. The standard InChI is InChI=1S/C31H36N3/c1-2-32-23-34(31-15-9-8-14-30(31)32)28-18-16-27(17-19-28)33(22-24-10-4-3-5-11-24)29-20-25-12-6-7-13-26(25)21-29/h3-15,23,27-29H,2,16-22H2,1H3. The van der Waals surface area contributed by atoms with Gasteiger partial charge in [0.2, 0.25) is 0 Å². The van der Waals surface area contributed by atoms with Gasteiger partial charge in [0.25, 0.3) is 0 Å². The zero-order valence-electron chi connectivity index (χ0n) is 20.3. The lowest BCUT2D eigenvalue weighted by Crippen LogP contribution is -2.47. The van der Waals surface area contributed by atoms with Gasteiger partial charge in [-0.3, -0.25) is 4.90 Å². The molecule has 1 aliphatic heterocycles. The summed E-state index contributed by atoms with van der Waals surface area (Å²) in [5, 5.41) is 0. The van der Waals surface area contributed by atoms with E-state index in [0.717, 1.165) is 13.1 Å². The second kappa shape index (κ2) is 9.46. The van der Waals surface area contributed by atoms with Crippen LogP contribution >= 0.6 is 0 Å². The van der Waals surface area contributed by atoms with Crippen molar-refractivity contribution < 1.29 is 0 Å². The van der Waals surface area contributed by atoms with E-state index in [2.05, 4.69) is 107 Å². The largest absolute Gasteiger partial charge is 0.346 e. The minimum absolute atomic E-state index is 0.605. The molecular formula is C31H36N3. The van der Waals surface area contributed by atoms with Gasteiger partial charge in [-0.15, -0.1) is 0 Å². The first-order valence-electron chi connectivity index (χ1n) is 13.2. The lowest BCUT2D eigenvalue weighted by Gasteiger charge is -2.42. The predicted molar refractivity (Wildman–Crippen MR) is 142 cm³/mol. The highest BCUT2D eigenvalue weighted by Gasteiger charge is 2.37. The van der Waals surface area contributed by atoms with Crippen molar-refractivity contribution in [3.05, 3.63) is 102 Å². The van der Waals surface area contributed by atoms with Gasteiger partial charge in [0.05, 0.1) is 11.4 Å². The lowest BCUT2D eigenvalue weighted by molar-refractivity contribution is 0.0947. The maximum atomic E-state index is 2.87. The Hall–Kier alpha value is -2.78. The average Bonchev–Trinajstić information content (AvgIpc) is 3.50. The fourth-order valence-corrected chi connectivity index (χ4v) is 6.53. The molecule has 3 aromatic rings. The van der Waals surface area contributed by atoms with E-state index in [1.54, 1.807) is 11.1 Å². The molecule has 6 rings (SSSR count). The summed E-state index contributed by atoms with van der Waals surface area (Å²) >= 11 is 0.